The fourth-order valence-electron chi connectivity index (χ4n) is 2.83. The molecule has 0 radical (unpaired) electrons. The number of anilines is 1. The fourth-order valence-corrected chi connectivity index (χ4v) is 2.83. The SMILES string of the molecule is Cc1cccc(C)c1NC(=O)C[n+]1ccccc1-c1ccccc1. The van der Waals surface area contributed by atoms with Crippen LogP contribution in [0, 0.1) is 13.8 Å². The zero-order chi connectivity index (χ0) is 16.9. The molecule has 0 saturated carbocycles. The maximum atomic E-state index is 12.5. The lowest BCUT2D eigenvalue weighted by Crippen LogP contribution is -2.42. The third-order valence-electron chi connectivity index (χ3n) is 4.07. The van der Waals surface area contributed by atoms with Crippen LogP contribution in [0.15, 0.2) is 72.9 Å². The highest BCUT2D eigenvalue weighted by molar-refractivity contribution is 5.91. The molecule has 0 unspecified atom stereocenters. The van der Waals surface area contributed by atoms with E-state index in [1.807, 2.05) is 79.2 Å². The number of nitrogens with one attached hydrogen (secondary N) is 1. The third kappa shape index (κ3) is 3.51. The van der Waals surface area contributed by atoms with E-state index in [9.17, 15) is 4.79 Å². The molecule has 0 aliphatic heterocycles. The highest BCUT2D eigenvalue weighted by atomic mass is 16.1. The van der Waals surface area contributed by atoms with Gasteiger partial charge >= 0.3 is 0 Å². The van der Waals surface area contributed by atoms with Crippen molar-refractivity contribution in [3.63, 3.8) is 0 Å². The van der Waals surface area contributed by atoms with E-state index < -0.39 is 0 Å². The first-order chi connectivity index (χ1) is 11.6. The molecule has 2 aromatic carbocycles. The molecule has 0 atom stereocenters. The maximum Gasteiger partial charge on any atom is 0.290 e. The van der Waals surface area contributed by atoms with Crippen molar-refractivity contribution < 1.29 is 9.36 Å². The first-order valence-corrected chi connectivity index (χ1v) is 8.05. The Hall–Kier alpha value is -2.94. The molecule has 0 saturated heterocycles. The number of pyridine rings is 1. The molecular weight excluding hydrogens is 296 g/mol. The summed E-state index contributed by atoms with van der Waals surface area (Å²) >= 11 is 0. The summed E-state index contributed by atoms with van der Waals surface area (Å²) in [6.07, 6.45) is 1.94. The van der Waals surface area contributed by atoms with Crippen molar-refractivity contribution in [2.75, 3.05) is 5.32 Å². The van der Waals surface area contributed by atoms with Crippen LogP contribution in [0.5, 0.6) is 0 Å². The van der Waals surface area contributed by atoms with E-state index in [1.54, 1.807) is 0 Å². The molecule has 120 valence electrons. The van der Waals surface area contributed by atoms with Crippen LogP contribution >= 0.6 is 0 Å². The van der Waals surface area contributed by atoms with E-state index in [1.165, 1.54) is 0 Å². The number of nitrogens with zero attached hydrogens (tertiary/aromatic N) is 1. The Morgan fingerprint density at radius 3 is 2.25 bits per heavy atom. The first-order valence-electron chi connectivity index (χ1n) is 8.05. The van der Waals surface area contributed by atoms with Gasteiger partial charge in [0.15, 0.2) is 6.20 Å². The van der Waals surface area contributed by atoms with Gasteiger partial charge in [0.2, 0.25) is 12.2 Å². The van der Waals surface area contributed by atoms with Gasteiger partial charge in [0.25, 0.3) is 5.91 Å². The van der Waals surface area contributed by atoms with Gasteiger partial charge in [-0.2, -0.15) is 4.57 Å². The van der Waals surface area contributed by atoms with Crippen molar-refractivity contribution in [3.8, 4) is 11.3 Å². The van der Waals surface area contributed by atoms with Crippen LogP contribution in [0.3, 0.4) is 0 Å². The second kappa shape index (κ2) is 7.09. The Labute approximate surface area is 142 Å². The third-order valence-corrected chi connectivity index (χ3v) is 4.07. The summed E-state index contributed by atoms with van der Waals surface area (Å²) in [5.41, 5.74) is 5.17. The average Bonchev–Trinajstić information content (AvgIpc) is 2.60. The van der Waals surface area contributed by atoms with Gasteiger partial charge in [-0.1, -0.05) is 36.4 Å². The number of aromatic nitrogens is 1. The molecule has 3 rings (SSSR count). The predicted molar refractivity (Wildman–Crippen MR) is 96.6 cm³/mol. The number of hydrogen-bond acceptors (Lipinski definition) is 1. The van der Waals surface area contributed by atoms with Gasteiger partial charge in [0.1, 0.15) is 0 Å². The highest BCUT2D eigenvalue weighted by Gasteiger charge is 2.17. The second-order valence-electron chi connectivity index (χ2n) is 5.89. The Balaban J connectivity index is 1.83. The monoisotopic (exact) mass is 317 g/mol. The summed E-state index contributed by atoms with van der Waals surface area (Å²) in [5, 5.41) is 3.05. The summed E-state index contributed by atoms with van der Waals surface area (Å²) in [4.78, 5) is 12.5. The molecule has 3 aromatic rings. The average molecular weight is 317 g/mol. The molecule has 1 aromatic heterocycles. The zero-order valence-electron chi connectivity index (χ0n) is 14.0. The molecule has 0 bridgehead atoms. The molecule has 1 N–H and O–H groups in total. The molecule has 1 heterocycles. The van der Waals surface area contributed by atoms with Crippen molar-refractivity contribution in [2.45, 2.75) is 20.4 Å². The minimum absolute atomic E-state index is 0.0271. The van der Waals surface area contributed by atoms with Gasteiger partial charge in [0, 0.05) is 23.4 Å². The lowest BCUT2D eigenvalue weighted by atomic mass is 10.1. The largest absolute Gasteiger partial charge is 0.320 e. The topological polar surface area (TPSA) is 33.0 Å². The number of carbonyl (C=O) groups is 1. The minimum atomic E-state index is -0.0271. The Kier molecular flexibility index (Phi) is 4.71. The smallest absolute Gasteiger partial charge is 0.290 e. The molecule has 0 fully saturated rings. The van der Waals surface area contributed by atoms with Gasteiger partial charge in [-0.25, -0.2) is 0 Å². The van der Waals surface area contributed by atoms with E-state index >= 15 is 0 Å². The lowest BCUT2D eigenvalue weighted by Gasteiger charge is -2.10. The number of amides is 1. The van der Waals surface area contributed by atoms with Crippen molar-refractivity contribution in [1.29, 1.82) is 0 Å². The standard InChI is InChI=1S/C21H20N2O/c1-16-9-8-10-17(2)21(16)22-20(24)15-23-14-7-6-13-19(23)18-11-4-3-5-12-18/h3-14H,15H2,1-2H3/p+1. The van der Waals surface area contributed by atoms with E-state index in [-0.39, 0.29) is 12.5 Å². The Morgan fingerprint density at radius 2 is 1.54 bits per heavy atom. The summed E-state index contributed by atoms with van der Waals surface area (Å²) in [7, 11) is 0. The summed E-state index contributed by atoms with van der Waals surface area (Å²) in [6, 6.07) is 22.1. The van der Waals surface area contributed by atoms with Crippen LogP contribution in [0.2, 0.25) is 0 Å². The van der Waals surface area contributed by atoms with Crippen molar-refractivity contribution in [1.82, 2.24) is 0 Å². The van der Waals surface area contributed by atoms with E-state index in [2.05, 4.69) is 17.4 Å². The van der Waals surface area contributed by atoms with Crippen LogP contribution in [-0.2, 0) is 11.3 Å². The predicted octanol–water partition coefficient (Wildman–Crippen LogP) is 3.90. The van der Waals surface area contributed by atoms with Crippen LogP contribution in [0.25, 0.3) is 11.3 Å². The number of aryl methyl sites for hydroxylation is 2. The fraction of sp³-hybridized carbons (Fsp3) is 0.143. The molecule has 0 spiro atoms. The molecule has 3 nitrogen and oxygen atoms in total. The molecule has 3 heteroatoms. The molecule has 1 amide bonds. The van der Waals surface area contributed by atoms with Gasteiger partial charge < -0.3 is 5.32 Å². The molecule has 24 heavy (non-hydrogen) atoms. The van der Waals surface area contributed by atoms with Crippen LogP contribution in [0.1, 0.15) is 11.1 Å². The Bertz CT molecular complexity index is 836. The summed E-state index contributed by atoms with van der Waals surface area (Å²) in [5.74, 6) is -0.0271. The maximum absolute atomic E-state index is 12.5. The molecule has 0 aliphatic rings. The minimum Gasteiger partial charge on any atom is -0.320 e. The first kappa shape index (κ1) is 15.9. The van der Waals surface area contributed by atoms with E-state index in [4.69, 9.17) is 0 Å². The summed E-state index contributed by atoms with van der Waals surface area (Å²) < 4.78 is 1.97. The zero-order valence-corrected chi connectivity index (χ0v) is 14.0. The van der Waals surface area contributed by atoms with Gasteiger partial charge in [0.05, 0.1) is 0 Å². The van der Waals surface area contributed by atoms with Crippen molar-refractivity contribution in [2.24, 2.45) is 0 Å². The van der Waals surface area contributed by atoms with Gasteiger partial charge in [-0.3, -0.25) is 4.79 Å². The van der Waals surface area contributed by atoms with Gasteiger partial charge in [-0.15, -0.1) is 0 Å². The number of para-hydroxylation sites is 1. The van der Waals surface area contributed by atoms with Crippen molar-refractivity contribution in [3.05, 3.63) is 84.1 Å². The lowest BCUT2D eigenvalue weighted by molar-refractivity contribution is -0.673. The van der Waals surface area contributed by atoms with E-state index in [0.717, 1.165) is 28.1 Å². The molecule has 0 aliphatic carbocycles. The quantitative estimate of drug-likeness (QED) is 0.727. The van der Waals surface area contributed by atoms with Crippen LogP contribution < -0.4 is 9.88 Å². The van der Waals surface area contributed by atoms with Crippen LogP contribution in [0.4, 0.5) is 5.69 Å². The van der Waals surface area contributed by atoms with E-state index in [0.29, 0.717) is 0 Å². The Morgan fingerprint density at radius 1 is 0.875 bits per heavy atom. The normalized spacial score (nSPS) is 10.4. The van der Waals surface area contributed by atoms with Gasteiger partial charge in [-0.05, 0) is 43.2 Å². The highest BCUT2D eigenvalue weighted by Crippen LogP contribution is 2.19. The number of rotatable bonds is 4. The number of carbonyl (C=O) groups excluding carboxylic acids is 1. The van der Waals surface area contributed by atoms with Crippen LogP contribution in [-0.4, -0.2) is 5.91 Å². The van der Waals surface area contributed by atoms with Crippen molar-refractivity contribution >= 4 is 11.6 Å². The molecular formula is C21H21N2O+. The second-order valence-corrected chi connectivity index (χ2v) is 5.89. The number of hydrogen-bond donors (Lipinski definition) is 1. The number of benzene rings is 2. The summed E-state index contributed by atoms with van der Waals surface area (Å²) in [6.45, 7) is 4.29.